The summed E-state index contributed by atoms with van der Waals surface area (Å²) in [6.45, 7) is 7.33. The summed E-state index contributed by atoms with van der Waals surface area (Å²) in [7, 11) is 0. The van der Waals surface area contributed by atoms with E-state index in [9.17, 15) is 8.78 Å². The standard InChI is InChI=1S/C22H29F2N5O/c1-3-25-22(26-11-14-30-18-7-8-19(23)20(24)15-18)28-17-9-12-29(13-10-17)21-6-4-5-16(2)27-21/h4-8,15,17H,3,9-14H2,1-2H3,(H2,25,26,28). The Hall–Kier alpha value is -2.90. The van der Waals surface area contributed by atoms with Crippen molar-refractivity contribution < 1.29 is 13.5 Å². The molecule has 0 atom stereocenters. The van der Waals surface area contributed by atoms with Crippen molar-refractivity contribution in [2.24, 2.45) is 4.99 Å². The zero-order chi connectivity index (χ0) is 21.3. The molecule has 1 aromatic carbocycles. The number of nitrogens with one attached hydrogen (secondary N) is 2. The van der Waals surface area contributed by atoms with E-state index in [0.717, 1.165) is 62.1 Å². The lowest BCUT2D eigenvalue weighted by Crippen LogP contribution is -2.49. The van der Waals surface area contributed by atoms with Gasteiger partial charge in [0, 0.05) is 37.4 Å². The van der Waals surface area contributed by atoms with Crippen LogP contribution in [0.1, 0.15) is 25.5 Å². The summed E-state index contributed by atoms with van der Waals surface area (Å²) in [6, 6.07) is 9.93. The van der Waals surface area contributed by atoms with Crippen molar-refractivity contribution in [3.05, 3.63) is 53.7 Å². The first-order valence-corrected chi connectivity index (χ1v) is 10.4. The molecule has 6 nitrogen and oxygen atoms in total. The van der Waals surface area contributed by atoms with E-state index >= 15 is 0 Å². The van der Waals surface area contributed by atoms with Crippen molar-refractivity contribution in [1.29, 1.82) is 0 Å². The van der Waals surface area contributed by atoms with Gasteiger partial charge >= 0.3 is 0 Å². The fourth-order valence-electron chi connectivity index (χ4n) is 3.36. The lowest BCUT2D eigenvalue weighted by atomic mass is 10.1. The minimum atomic E-state index is -0.918. The molecule has 0 unspecified atom stereocenters. The lowest BCUT2D eigenvalue weighted by Gasteiger charge is -2.34. The van der Waals surface area contributed by atoms with Gasteiger partial charge in [0.15, 0.2) is 17.6 Å². The Labute approximate surface area is 176 Å². The van der Waals surface area contributed by atoms with Crippen LogP contribution in [-0.4, -0.2) is 49.8 Å². The molecule has 0 spiro atoms. The maximum absolute atomic E-state index is 13.2. The van der Waals surface area contributed by atoms with Crippen LogP contribution in [0.2, 0.25) is 0 Å². The van der Waals surface area contributed by atoms with Crippen molar-refractivity contribution in [3.8, 4) is 5.75 Å². The van der Waals surface area contributed by atoms with E-state index in [2.05, 4.69) is 31.6 Å². The predicted octanol–water partition coefficient (Wildman–Crippen LogP) is 3.27. The van der Waals surface area contributed by atoms with E-state index in [4.69, 9.17) is 4.74 Å². The number of pyridine rings is 1. The first-order chi connectivity index (χ1) is 14.5. The Morgan fingerprint density at radius 1 is 1.20 bits per heavy atom. The maximum atomic E-state index is 13.2. The molecular weight excluding hydrogens is 388 g/mol. The van der Waals surface area contributed by atoms with Crippen molar-refractivity contribution in [2.75, 3.05) is 37.7 Å². The maximum Gasteiger partial charge on any atom is 0.191 e. The highest BCUT2D eigenvalue weighted by molar-refractivity contribution is 5.80. The molecule has 162 valence electrons. The van der Waals surface area contributed by atoms with Crippen LogP contribution >= 0.6 is 0 Å². The average molecular weight is 418 g/mol. The van der Waals surface area contributed by atoms with Gasteiger partial charge in [-0.05, 0) is 51.0 Å². The Bertz CT molecular complexity index is 853. The second kappa shape index (κ2) is 10.8. The van der Waals surface area contributed by atoms with Gasteiger partial charge in [-0.2, -0.15) is 0 Å². The zero-order valence-corrected chi connectivity index (χ0v) is 17.5. The molecular formula is C22H29F2N5O. The number of aryl methyl sites for hydroxylation is 1. The van der Waals surface area contributed by atoms with Gasteiger partial charge in [0.1, 0.15) is 18.2 Å². The van der Waals surface area contributed by atoms with Gasteiger partial charge in [-0.1, -0.05) is 6.07 Å². The molecule has 1 aliphatic rings. The van der Waals surface area contributed by atoms with Crippen LogP contribution in [0.4, 0.5) is 14.6 Å². The smallest absolute Gasteiger partial charge is 0.191 e. The summed E-state index contributed by atoms with van der Waals surface area (Å²) < 4.78 is 31.6. The number of nitrogens with zero attached hydrogens (tertiary/aromatic N) is 3. The van der Waals surface area contributed by atoms with Gasteiger partial charge in [-0.25, -0.2) is 18.8 Å². The van der Waals surface area contributed by atoms with Crippen LogP contribution in [0.15, 0.2) is 41.4 Å². The van der Waals surface area contributed by atoms with Crippen molar-refractivity contribution in [1.82, 2.24) is 15.6 Å². The fraction of sp³-hybridized carbons (Fsp3) is 0.455. The molecule has 30 heavy (non-hydrogen) atoms. The van der Waals surface area contributed by atoms with Crippen LogP contribution in [-0.2, 0) is 0 Å². The van der Waals surface area contributed by atoms with Crippen LogP contribution in [0, 0.1) is 18.6 Å². The largest absolute Gasteiger partial charge is 0.492 e. The van der Waals surface area contributed by atoms with E-state index < -0.39 is 11.6 Å². The summed E-state index contributed by atoms with van der Waals surface area (Å²) in [5.74, 6) is 0.252. The number of anilines is 1. The molecule has 0 amide bonds. The first-order valence-electron chi connectivity index (χ1n) is 10.4. The number of benzene rings is 1. The van der Waals surface area contributed by atoms with Gasteiger partial charge in [-0.15, -0.1) is 0 Å². The van der Waals surface area contributed by atoms with E-state index in [1.165, 1.54) is 6.07 Å². The summed E-state index contributed by atoms with van der Waals surface area (Å²) >= 11 is 0. The Balaban J connectivity index is 1.46. The molecule has 1 saturated heterocycles. The third kappa shape index (κ3) is 6.30. The number of hydrogen-bond donors (Lipinski definition) is 2. The highest BCUT2D eigenvalue weighted by atomic mass is 19.2. The molecule has 1 aliphatic heterocycles. The second-order valence-corrected chi connectivity index (χ2v) is 7.23. The zero-order valence-electron chi connectivity index (χ0n) is 17.5. The molecule has 8 heteroatoms. The fourth-order valence-corrected chi connectivity index (χ4v) is 3.36. The molecule has 3 rings (SSSR count). The number of piperidine rings is 1. The van der Waals surface area contributed by atoms with Gasteiger partial charge in [0.05, 0.1) is 6.54 Å². The highest BCUT2D eigenvalue weighted by Gasteiger charge is 2.20. The number of ether oxygens (including phenoxy) is 1. The van der Waals surface area contributed by atoms with E-state index in [0.29, 0.717) is 18.3 Å². The van der Waals surface area contributed by atoms with Crippen molar-refractivity contribution >= 4 is 11.8 Å². The predicted molar refractivity (Wildman–Crippen MR) is 115 cm³/mol. The molecule has 2 aromatic rings. The third-order valence-corrected chi connectivity index (χ3v) is 4.90. The van der Waals surface area contributed by atoms with Crippen LogP contribution in [0.25, 0.3) is 0 Å². The number of aromatic nitrogens is 1. The summed E-state index contributed by atoms with van der Waals surface area (Å²) in [5, 5.41) is 6.73. The van der Waals surface area contributed by atoms with E-state index in [1.807, 2.05) is 26.0 Å². The Kier molecular flexibility index (Phi) is 7.82. The molecule has 0 bridgehead atoms. The van der Waals surface area contributed by atoms with Crippen LogP contribution in [0.5, 0.6) is 5.75 Å². The quantitative estimate of drug-likeness (QED) is 0.411. The Morgan fingerprint density at radius 2 is 2.00 bits per heavy atom. The number of guanidine groups is 1. The SMILES string of the molecule is CCNC(=NCCOc1ccc(F)c(F)c1)NC1CCN(c2cccc(C)n2)CC1. The molecule has 1 aromatic heterocycles. The molecule has 2 heterocycles. The average Bonchev–Trinajstić information content (AvgIpc) is 2.74. The van der Waals surface area contributed by atoms with Crippen LogP contribution in [0.3, 0.4) is 0 Å². The van der Waals surface area contributed by atoms with Gasteiger partial charge in [-0.3, -0.25) is 0 Å². The molecule has 2 N–H and O–H groups in total. The van der Waals surface area contributed by atoms with Crippen LogP contribution < -0.4 is 20.3 Å². The topological polar surface area (TPSA) is 61.8 Å². The highest BCUT2D eigenvalue weighted by Crippen LogP contribution is 2.18. The van der Waals surface area contributed by atoms with Gasteiger partial charge in [0.25, 0.3) is 0 Å². The number of aliphatic imine (C=N–C) groups is 1. The van der Waals surface area contributed by atoms with Crippen molar-refractivity contribution in [2.45, 2.75) is 32.7 Å². The van der Waals surface area contributed by atoms with Crippen molar-refractivity contribution in [3.63, 3.8) is 0 Å². The number of rotatable bonds is 7. The number of halogens is 2. The third-order valence-electron chi connectivity index (χ3n) is 4.90. The minimum absolute atomic E-state index is 0.277. The summed E-state index contributed by atoms with van der Waals surface area (Å²) in [5.41, 5.74) is 1.03. The lowest BCUT2D eigenvalue weighted by molar-refractivity contribution is 0.325. The minimum Gasteiger partial charge on any atom is -0.492 e. The summed E-state index contributed by atoms with van der Waals surface area (Å²) in [6.07, 6.45) is 1.98. The summed E-state index contributed by atoms with van der Waals surface area (Å²) in [4.78, 5) is 11.4. The monoisotopic (exact) mass is 417 g/mol. The van der Waals surface area contributed by atoms with Gasteiger partial charge in [0.2, 0.25) is 0 Å². The van der Waals surface area contributed by atoms with E-state index in [1.54, 1.807) is 0 Å². The molecule has 0 radical (unpaired) electrons. The first kappa shape index (κ1) is 21.8. The molecule has 0 aliphatic carbocycles. The molecule has 1 fully saturated rings. The second-order valence-electron chi connectivity index (χ2n) is 7.23. The Morgan fingerprint density at radius 3 is 2.70 bits per heavy atom. The van der Waals surface area contributed by atoms with E-state index in [-0.39, 0.29) is 6.61 Å². The number of hydrogen-bond acceptors (Lipinski definition) is 4. The molecule has 0 saturated carbocycles. The van der Waals surface area contributed by atoms with Gasteiger partial charge < -0.3 is 20.3 Å². The normalized spacial score (nSPS) is 15.2.